The number of aliphatic hydroxyl groups excluding tert-OH is 1. The van der Waals surface area contributed by atoms with Gasteiger partial charge in [0.15, 0.2) is 0 Å². The standard InChI is InChI=1S/C13H26N2O4S/c1-2-20(17,18)14-6-7-15-8-9-19-10-12(15)11-4-3-5-13(11)16/h11-14,16H,2-10H2,1H3/t11-,12-,13+/m1/s1. The normalized spacial score (nSPS) is 32.6. The van der Waals surface area contributed by atoms with Crippen molar-refractivity contribution in [3.8, 4) is 0 Å². The Balaban J connectivity index is 1.87. The number of sulfonamides is 1. The zero-order chi connectivity index (χ0) is 14.6. The molecule has 0 radical (unpaired) electrons. The van der Waals surface area contributed by atoms with Crippen molar-refractivity contribution in [2.45, 2.75) is 38.3 Å². The molecule has 1 saturated heterocycles. The topological polar surface area (TPSA) is 78.9 Å². The Bertz CT molecular complexity index is 401. The first-order valence-electron chi connectivity index (χ1n) is 7.50. The molecule has 6 nitrogen and oxygen atoms in total. The molecule has 20 heavy (non-hydrogen) atoms. The largest absolute Gasteiger partial charge is 0.393 e. The highest BCUT2D eigenvalue weighted by Crippen LogP contribution is 2.31. The molecule has 2 N–H and O–H groups in total. The molecule has 7 heteroatoms. The SMILES string of the molecule is CCS(=O)(=O)NCCN1CCOC[C@@H]1[C@H]1CCC[C@@H]1O. The molecule has 3 atom stereocenters. The highest BCUT2D eigenvalue weighted by atomic mass is 32.2. The van der Waals surface area contributed by atoms with Crippen molar-refractivity contribution in [3.63, 3.8) is 0 Å². The van der Waals surface area contributed by atoms with E-state index in [1.54, 1.807) is 6.92 Å². The maximum atomic E-state index is 11.4. The molecule has 0 bridgehead atoms. The van der Waals surface area contributed by atoms with Crippen molar-refractivity contribution in [2.75, 3.05) is 38.6 Å². The molecule has 0 aromatic rings. The van der Waals surface area contributed by atoms with Crippen molar-refractivity contribution in [2.24, 2.45) is 5.92 Å². The van der Waals surface area contributed by atoms with Gasteiger partial charge in [-0.15, -0.1) is 0 Å². The molecule has 1 saturated carbocycles. The lowest BCUT2D eigenvalue weighted by Gasteiger charge is -2.40. The average Bonchev–Trinajstić information content (AvgIpc) is 2.85. The summed E-state index contributed by atoms with van der Waals surface area (Å²) in [5, 5.41) is 10.1. The minimum absolute atomic E-state index is 0.112. The van der Waals surface area contributed by atoms with E-state index < -0.39 is 10.0 Å². The van der Waals surface area contributed by atoms with Crippen LogP contribution in [0.4, 0.5) is 0 Å². The average molecular weight is 306 g/mol. The van der Waals surface area contributed by atoms with Crippen molar-refractivity contribution in [1.82, 2.24) is 9.62 Å². The van der Waals surface area contributed by atoms with Gasteiger partial charge in [-0.1, -0.05) is 6.42 Å². The van der Waals surface area contributed by atoms with Gasteiger partial charge in [-0.25, -0.2) is 13.1 Å². The van der Waals surface area contributed by atoms with Gasteiger partial charge in [0, 0.05) is 31.6 Å². The fourth-order valence-corrected chi connectivity index (χ4v) is 3.80. The van der Waals surface area contributed by atoms with Gasteiger partial charge in [-0.05, 0) is 19.8 Å². The fourth-order valence-electron chi connectivity index (χ4n) is 3.19. The van der Waals surface area contributed by atoms with Gasteiger partial charge in [0.05, 0.1) is 25.1 Å². The molecular formula is C13H26N2O4S. The van der Waals surface area contributed by atoms with Gasteiger partial charge in [-0.3, -0.25) is 4.90 Å². The maximum Gasteiger partial charge on any atom is 0.211 e. The second-order valence-electron chi connectivity index (χ2n) is 5.64. The number of rotatable bonds is 6. The Labute approximate surface area is 121 Å². The molecule has 118 valence electrons. The van der Waals surface area contributed by atoms with E-state index in [-0.39, 0.29) is 23.8 Å². The van der Waals surface area contributed by atoms with Crippen LogP contribution in [0.2, 0.25) is 0 Å². The summed E-state index contributed by atoms with van der Waals surface area (Å²) in [6.07, 6.45) is 2.74. The Morgan fingerprint density at radius 1 is 1.40 bits per heavy atom. The summed E-state index contributed by atoms with van der Waals surface area (Å²) in [5.41, 5.74) is 0. The third-order valence-electron chi connectivity index (χ3n) is 4.41. The third-order valence-corrected chi connectivity index (χ3v) is 5.81. The fraction of sp³-hybridized carbons (Fsp3) is 1.00. The molecule has 0 unspecified atom stereocenters. The first kappa shape index (κ1) is 16.2. The quantitative estimate of drug-likeness (QED) is 0.710. The van der Waals surface area contributed by atoms with Gasteiger partial charge in [0.1, 0.15) is 0 Å². The molecule has 0 amide bonds. The number of nitrogens with zero attached hydrogens (tertiary/aromatic N) is 1. The smallest absolute Gasteiger partial charge is 0.211 e. The number of nitrogens with one attached hydrogen (secondary N) is 1. The second-order valence-corrected chi connectivity index (χ2v) is 7.73. The van der Waals surface area contributed by atoms with Crippen LogP contribution in [-0.2, 0) is 14.8 Å². The van der Waals surface area contributed by atoms with Crippen LogP contribution in [0, 0.1) is 5.92 Å². The van der Waals surface area contributed by atoms with Gasteiger partial charge in [-0.2, -0.15) is 0 Å². The van der Waals surface area contributed by atoms with Crippen LogP contribution in [0.1, 0.15) is 26.2 Å². The zero-order valence-corrected chi connectivity index (χ0v) is 12.9. The molecule has 0 spiro atoms. The first-order valence-corrected chi connectivity index (χ1v) is 9.16. The Morgan fingerprint density at radius 3 is 2.85 bits per heavy atom. The van der Waals surface area contributed by atoms with Crippen LogP contribution in [0.5, 0.6) is 0 Å². The molecule has 2 rings (SSSR count). The van der Waals surface area contributed by atoms with E-state index in [0.29, 0.717) is 26.3 Å². The van der Waals surface area contributed by atoms with Crippen molar-refractivity contribution < 1.29 is 18.3 Å². The molecule has 0 aromatic carbocycles. The number of aliphatic hydroxyl groups is 1. The third kappa shape index (κ3) is 4.14. The summed E-state index contributed by atoms with van der Waals surface area (Å²) < 4.78 is 31.0. The van der Waals surface area contributed by atoms with Crippen LogP contribution in [0.15, 0.2) is 0 Å². The second kappa shape index (κ2) is 7.17. The van der Waals surface area contributed by atoms with Gasteiger partial charge in [0.25, 0.3) is 0 Å². The minimum atomic E-state index is -3.12. The summed E-state index contributed by atoms with van der Waals surface area (Å²) >= 11 is 0. The van der Waals surface area contributed by atoms with Crippen LogP contribution in [0.25, 0.3) is 0 Å². The van der Waals surface area contributed by atoms with Gasteiger partial charge in [0.2, 0.25) is 10.0 Å². The molecule has 2 aliphatic rings. The number of hydrogen-bond donors (Lipinski definition) is 2. The highest BCUT2D eigenvalue weighted by Gasteiger charge is 2.37. The molecule has 1 heterocycles. The summed E-state index contributed by atoms with van der Waals surface area (Å²) in [4.78, 5) is 2.26. The molecule has 2 fully saturated rings. The maximum absolute atomic E-state index is 11.4. The van der Waals surface area contributed by atoms with E-state index in [1.165, 1.54) is 0 Å². The predicted molar refractivity (Wildman–Crippen MR) is 77.0 cm³/mol. The van der Waals surface area contributed by atoms with Crippen LogP contribution in [-0.4, -0.2) is 69.2 Å². The summed E-state index contributed by atoms with van der Waals surface area (Å²) in [6.45, 7) is 4.87. The van der Waals surface area contributed by atoms with Crippen molar-refractivity contribution in [1.29, 1.82) is 0 Å². The van der Waals surface area contributed by atoms with Crippen LogP contribution >= 0.6 is 0 Å². The van der Waals surface area contributed by atoms with E-state index in [9.17, 15) is 13.5 Å². The predicted octanol–water partition coefficient (Wildman–Crippen LogP) is -0.212. The zero-order valence-electron chi connectivity index (χ0n) is 12.1. The van der Waals surface area contributed by atoms with E-state index in [0.717, 1.165) is 25.8 Å². The first-order chi connectivity index (χ1) is 9.53. The van der Waals surface area contributed by atoms with E-state index >= 15 is 0 Å². The minimum Gasteiger partial charge on any atom is -0.393 e. The van der Waals surface area contributed by atoms with E-state index in [1.807, 2.05) is 0 Å². The van der Waals surface area contributed by atoms with Gasteiger partial charge >= 0.3 is 0 Å². The molecule has 1 aliphatic carbocycles. The summed E-state index contributed by atoms with van der Waals surface area (Å²) in [5.74, 6) is 0.374. The summed E-state index contributed by atoms with van der Waals surface area (Å²) in [7, 11) is -3.12. The van der Waals surface area contributed by atoms with E-state index in [4.69, 9.17) is 4.74 Å². The monoisotopic (exact) mass is 306 g/mol. The Hall–Kier alpha value is -0.210. The molecule has 0 aromatic heterocycles. The summed E-state index contributed by atoms with van der Waals surface area (Å²) in [6, 6.07) is 0.215. The lowest BCUT2D eigenvalue weighted by Crippen LogP contribution is -2.53. The van der Waals surface area contributed by atoms with Crippen molar-refractivity contribution >= 4 is 10.0 Å². The van der Waals surface area contributed by atoms with Crippen LogP contribution < -0.4 is 4.72 Å². The Kier molecular flexibility index (Phi) is 5.80. The number of morpholine rings is 1. The molecule has 1 aliphatic heterocycles. The molecular weight excluding hydrogens is 280 g/mol. The van der Waals surface area contributed by atoms with Crippen molar-refractivity contribution in [3.05, 3.63) is 0 Å². The van der Waals surface area contributed by atoms with E-state index in [2.05, 4.69) is 9.62 Å². The lowest BCUT2D eigenvalue weighted by atomic mass is 9.94. The van der Waals surface area contributed by atoms with Gasteiger partial charge < -0.3 is 9.84 Å². The van der Waals surface area contributed by atoms with Crippen LogP contribution in [0.3, 0.4) is 0 Å². The Morgan fingerprint density at radius 2 is 2.20 bits per heavy atom. The number of hydrogen-bond acceptors (Lipinski definition) is 5. The highest BCUT2D eigenvalue weighted by molar-refractivity contribution is 7.89. The lowest BCUT2D eigenvalue weighted by molar-refractivity contribution is -0.0488. The number of ether oxygens (including phenoxy) is 1.